The molecule has 6 rings (SSSR count). The Morgan fingerprint density at radius 1 is 1.07 bits per heavy atom. The molecule has 2 unspecified atom stereocenters. The largest absolute Gasteiger partial charge is 0.462 e. The van der Waals surface area contributed by atoms with Gasteiger partial charge in [-0.05, 0) is 69.6 Å². The van der Waals surface area contributed by atoms with Crippen molar-refractivity contribution in [1.82, 2.24) is 19.8 Å². The van der Waals surface area contributed by atoms with Crippen LogP contribution in [0.1, 0.15) is 43.0 Å². The third-order valence-corrected chi connectivity index (χ3v) is 9.13. The number of hydrogen-bond donors (Lipinski definition) is 0. The molecule has 4 heterocycles. The van der Waals surface area contributed by atoms with Gasteiger partial charge in [-0.25, -0.2) is 0 Å². The molecule has 0 aliphatic carbocycles. The molecule has 0 N–H and O–H groups in total. The highest BCUT2D eigenvalue weighted by Crippen LogP contribution is 2.36. The molecule has 3 aromatic rings. The molecule has 2 aromatic carbocycles. The van der Waals surface area contributed by atoms with E-state index in [9.17, 15) is 10.1 Å². The van der Waals surface area contributed by atoms with Crippen molar-refractivity contribution in [3.05, 3.63) is 53.2 Å². The van der Waals surface area contributed by atoms with Gasteiger partial charge < -0.3 is 24.3 Å². The Balaban J connectivity index is 1.34. The van der Waals surface area contributed by atoms with Gasteiger partial charge in [0.05, 0.1) is 30.8 Å². The number of likely N-dealkylation sites (tertiary alicyclic amines) is 1. The standard InChI is InChI=1S/C34H39N7O2/c1-4-8-31(42)41-20-19-40(21-26(41)14-16-35)33-28-15-18-39(30-13-6-11-25-10-5-9-24(2)32(25)30)22-29(28)36-34(37-33)43-23-27-12-7-17-38(27)3/h5-6,9-11,13,26-27H,7,12,14-15,17-23H2,1-3H3. The van der Waals surface area contributed by atoms with E-state index in [1.165, 1.54) is 28.4 Å². The van der Waals surface area contributed by atoms with Gasteiger partial charge in [-0.1, -0.05) is 36.3 Å². The van der Waals surface area contributed by atoms with Crippen molar-refractivity contribution in [2.75, 3.05) is 56.2 Å². The molecular formula is C34H39N7O2. The number of carbonyl (C=O) groups is 1. The van der Waals surface area contributed by atoms with E-state index in [0.717, 1.165) is 43.0 Å². The Bertz CT molecular complexity index is 1620. The number of aryl methyl sites for hydroxylation is 1. The van der Waals surface area contributed by atoms with Crippen molar-refractivity contribution < 1.29 is 9.53 Å². The van der Waals surface area contributed by atoms with Gasteiger partial charge in [0, 0.05) is 48.9 Å². The number of carbonyl (C=O) groups excluding carboxylic acids is 1. The molecule has 1 aromatic heterocycles. The minimum atomic E-state index is -0.257. The quantitative estimate of drug-likeness (QED) is 0.408. The molecule has 2 saturated heterocycles. The Labute approximate surface area is 254 Å². The first-order valence-corrected chi connectivity index (χ1v) is 15.3. The van der Waals surface area contributed by atoms with E-state index in [1.807, 2.05) is 0 Å². The van der Waals surface area contributed by atoms with Crippen LogP contribution in [0.15, 0.2) is 36.4 Å². The third kappa shape index (κ3) is 5.83. The topological polar surface area (TPSA) is 88.8 Å². The van der Waals surface area contributed by atoms with E-state index in [2.05, 4.69) is 83.0 Å². The van der Waals surface area contributed by atoms with Gasteiger partial charge in [0.15, 0.2) is 0 Å². The molecule has 0 saturated carbocycles. The van der Waals surface area contributed by atoms with Crippen molar-refractivity contribution in [2.45, 2.75) is 58.2 Å². The predicted octanol–water partition coefficient (Wildman–Crippen LogP) is 3.93. The second-order valence-electron chi connectivity index (χ2n) is 11.8. The van der Waals surface area contributed by atoms with Gasteiger partial charge in [0.25, 0.3) is 5.91 Å². The molecule has 0 spiro atoms. The zero-order valence-corrected chi connectivity index (χ0v) is 25.3. The highest BCUT2D eigenvalue weighted by molar-refractivity contribution is 5.97. The Hall–Kier alpha value is -4.34. The number of ether oxygens (including phenoxy) is 1. The lowest BCUT2D eigenvalue weighted by molar-refractivity contribution is -0.127. The van der Waals surface area contributed by atoms with Gasteiger partial charge in [0.1, 0.15) is 12.4 Å². The van der Waals surface area contributed by atoms with Crippen molar-refractivity contribution in [1.29, 1.82) is 5.26 Å². The Morgan fingerprint density at radius 3 is 2.67 bits per heavy atom. The minimum Gasteiger partial charge on any atom is -0.462 e. The summed E-state index contributed by atoms with van der Waals surface area (Å²) in [6, 6.07) is 15.7. The average molecular weight is 578 g/mol. The van der Waals surface area contributed by atoms with Crippen LogP contribution in [0, 0.1) is 30.1 Å². The second-order valence-corrected chi connectivity index (χ2v) is 11.8. The number of likely N-dealkylation sites (N-methyl/N-ethyl adjacent to an activating group) is 1. The van der Waals surface area contributed by atoms with Crippen molar-refractivity contribution >= 4 is 28.2 Å². The average Bonchev–Trinajstić information content (AvgIpc) is 3.43. The van der Waals surface area contributed by atoms with Crippen LogP contribution in [-0.4, -0.2) is 84.1 Å². The van der Waals surface area contributed by atoms with Gasteiger partial charge in [-0.15, -0.1) is 0 Å². The highest BCUT2D eigenvalue weighted by Gasteiger charge is 2.34. The van der Waals surface area contributed by atoms with Crippen molar-refractivity contribution in [3.63, 3.8) is 0 Å². The Morgan fingerprint density at radius 2 is 1.91 bits per heavy atom. The zero-order valence-electron chi connectivity index (χ0n) is 25.3. The molecule has 2 fully saturated rings. The van der Waals surface area contributed by atoms with Gasteiger partial charge in [-0.3, -0.25) is 4.79 Å². The first-order valence-electron chi connectivity index (χ1n) is 15.3. The summed E-state index contributed by atoms with van der Waals surface area (Å²) < 4.78 is 6.31. The summed E-state index contributed by atoms with van der Waals surface area (Å²) in [5.74, 6) is 6.00. The van der Waals surface area contributed by atoms with Gasteiger partial charge in [0.2, 0.25) is 0 Å². The summed E-state index contributed by atoms with van der Waals surface area (Å²) in [5.41, 5.74) is 4.58. The van der Waals surface area contributed by atoms with Crippen LogP contribution in [0.3, 0.4) is 0 Å². The molecule has 9 nitrogen and oxygen atoms in total. The molecule has 1 amide bonds. The van der Waals surface area contributed by atoms with E-state index < -0.39 is 0 Å². The predicted molar refractivity (Wildman–Crippen MR) is 168 cm³/mol. The molecule has 3 aliphatic rings. The van der Waals surface area contributed by atoms with Crippen LogP contribution in [0.25, 0.3) is 10.8 Å². The lowest BCUT2D eigenvalue weighted by atomic mass is 9.99. The van der Waals surface area contributed by atoms with E-state index in [4.69, 9.17) is 14.7 Å². The van der Waals surface area contributed by atoms with E-state index in [1.54, 1.807) is 11.8 Å². The number of nitriles is 1. The number of benzene rings is 2. The number of aromatic nitrogens is 2. The minimum absolute atomic E-state index is 0.224. The first-order chi connectivity index (χ1) is 21.0. The number of anilines is 2. The lowest BCUT2D eigenvalue weighted by Gasteiger charge is -2.41. The third-order valence-electron chi connectivity index (χ3n) is 9.13. The van der Waals surface area contributed by atoms with Crippen LogP contribution >= 0.6 is 0 Å². The zero-order chi connectivity index (χ0) is 29.9. The number of fused-ring (bicyclic) bond motifs is 2. The number of amides is 1. The SMILES string of the molecule is CC#CC(=O)N1CCN(c2nc(OCC3CCCN3C)nc3c2CCN(c2cccc4cccc(C)c24)C3)CC1CC#N. The van der Waals surface area contributed by atoms with Crippen molar-refractivity contribution in [3.8, 4) is 23.9 Å². The second kappa shape index (κ2) is 12.5. The first kappa shape index (κ1) is 28.8. The van der Waals surface area contributed by atoms with Crippen molar-refractivity contribution in [2.24, 2.45) is 0 Å². The summed E-state index contributed by atoms with van der Waals surface area (Å²) in [6.07, 6.45) is 3.31. The van der Waals surface area contributed by atoms with E-state index >= 15 is 0 Å². The number of piperazine rings is 1. The van der Waals surface area contributed by atoms with Crippen LogP contribution in [0.5, 0.6) is 6.01 Å². The molecule has 222 valence electrons. The molecular weight excluding hydrogens is 538 g/mol. The van der Waals surface area contributed by atoms with Gasteiger partial charge >= 0.3 is 6.01 Å². The fourth-order valence-electron chi connectivity index (χ4n) is 6.82. The summed E-state index contributed by atoms with van der Waals surface area (Å²) in [6.45, 7) is 8.58. The maximum atomic E-state index is 12.7. The lowest BCUT2D eigenvalue weighted by Crippen LogP contribution is -2.55. The summed E-state index contributed by atoms with van der Waals surface area (Å²) in [4.78, 5) is 31.4. The Kier molecular flexibility index (Phi) is 8.35. The number of nitrogens with zero attached hydrogens (tertiary/aromatic N) is 7. The maximum absolute atomic E-state index is 12.7. The smallest absolute Gasteiger partial charge is 0.318 e. The fraction of sp³-hybridized carbons (Fsp3) is 0.471. The highest BCUT2D eigenvalue weighted by atomic mass is 16.5. The molecule has 0 radical (unpaired) electrons. The molecule has 0 bridgehead atoms. The summed E-state index contributed by atoms with van der Waals surface area (Å²) in [5, 5.41) is 12.1. The fourth-order valence-corrected chi connectivity index (χ4v) is 6.82. The molecule has 2 atom stereocenters. The molecule has 43 heavy (non-hydrogen) atoms. The molecule has 9 heteroatoms. The number of rotatable bonds is 6. The monoisotopic (exact) mass is 577 g/mol. The number of hydrogen-bond acceptors (Lipinski definition) is 8. The van der Waals surface area contributed by atoms with Crippen LogP contribution < -0.4 is 14.5 Å². The normalized spacial score (nSPS) is 20.4. The maximum Gasteiger partial charge on any atom is 0.318 e. The molecule has 3 aliphatic heterocycles. The van der Waals surface area contributed by atoms with E-state index in [0.29, 0.717) is 44.8 Å². The van der Waals surface area contributed by atoms with Crippen LogP contribution in [-0.2, 0) is 17.8 Å². The van der Waals surface area contributed by atoms with E-state index in [-0.39, 0.29) is 18.4 Å². The van der Waals surface area contributed by atoms with Crippen LogP contribution in [0.4, 0.5) is 11.5 Å². The van der Waals surface area contributed by atoms with Crippen LogP contribution in [0.2, 0.25) is 0 Å². The summed E-state index contributed by atoms with van der Waals surface area (Å²) in [7, 11) is 2.14. The van der Waals surface area contributed by atoms with Gasteiger partial charge in [-0.2, -0.15) is 15.2 Å². The summed E-state index contributed by atoms with van der Waals surface area (Å²) >= 11 is 0.